The van der Waals surface area contributed by atoms with E-state index in [9.17, 15) is 14.5 Å². The maximum atomic E-state index is 13.5. The summed E-state index contributed by atoms with van der Waals surface area (Å²) in [5.41, 5.74) is -0.425. The summed E-state index contributed by atoms with van der Waals surface area (Å²) in [4.78, 5) is 10.2. The third-order valence-corrected chi connectivity index (χ3v) is 3.96. The van der Waals surface area contributed by atoms with Crippen molar-refractivity contribution in [1.29, 1.82) is 0 Å². The van der Waals surface area contributed by atoms with E-state index in [0.29, 0.717) is 0 Å². The Morgan fingerprint density at radius 1 is 1.53 bits per heavy atom. The molecule has 2 rings (SSSR count). The first kappa shape index (κ1) is 13.7. The van der Waals surface area contributed by atoms with Crippen LogP contribution in [0.15, 0.2) is 18.2 Å². The molecule has 19 heavy (non-hydrogen) atoms. The number of nitro benzene ring substituents is 1. The molecule has 5 nitrogen and oxygen atoms in total. The first-order valence-corrected chi connectivity index (χ1v) is 6.10. The van der Waals surface area contributed by atoms with Crippen LogP contribution >= 0.6 is 0 Å². The van der Waals surface area contributed by atoms with Gasteiger partial charge in [-0.15, -0.1) is 0 Å². The quantitative estimate of drug-likeness (QED) is 0.673. The normalized spacial score (nSPS) is 24.6. The van der Waals surface area contributed by atoms with Gasteiger partial charge >= 0.3 is 5.69 Å². The van der Waals surface area contributed by atoms with Gasteiger partial charge in [0.15, 0.2) is 0 Å². The SMILES string of the molecule is COC1CC(Nc2cccc(F)c2[N+](=O)[O-])C1(C)C. The van der Waals surface area contributed by atoms with Gasteiger partial charge in [0.05, 0.1) is 11.0 Å². The van der Waals surface area contributed by atoms with Gasteiger partial charge in [0.2, 0.25) is 5.82 Å². The molecule has 1 aromatic carbocycles. The molecule has 0 radical (unpaired) electrons. The average molecular weight is 268 g/mol. The fourth-order valence-corrected chi connectivity index (χ4v) is 2.54. The highest BCUT2D eigenvalue weighted by Gasteiger charge is 2.49. The Kier molecular flexibility index (Phi) is 3.45. The molecule has 1 fully saturated rings. The molecule has 0 bridgehead atoms. The van der Waals surface area contributed by atoms with Crippen molar-refractivity contribution in [3.8, 4) is 0 Å². The summed E-state index contributed by atoms with van der Waals surface area (Å²) in [6, 6.07) is 4.10. The van der Waals surface area contributed by atoms with Crippen LogP contribution in [-0.2, 0) is 4.74 Å². The second-order valence-corrected chi connectivity index (χ2v) is 5.37. The van der Waals surface area contributed by atoms with Crippen LogP contribution in [0.2, 0.25) is 0 Å². The van der Waals surface area contributed by atoms with Crippen LogP contribution in [0.1, 0.15) is 20.3 Å². The molecule has 0 amide bonds. The fourth-order valence-electron chi connectivity index (χ4n) is 2.54. The van der Waals surface area contributed by atoms with Gasteiger partial charge in [-0.2, -0.15) is 4.39 Å². The lowest BCUT2D eigenvalue weighted by molar-refractivity contribution is -0.386. The van der Waals surface area contributed by atoms with E-state index in [4.69, 9.17) is 4.74 Å². The number of hydrogen-bond donors (Lipinski definition) is 1. The first-order valence-electron chi connectivity index (χ1n) is 6.10. The number of anilines is 1. The summed E-state index contributed by atoms with van der Waals surface area (Å²) in [7, 11) is 1.65. The van der Waals surface area contributed by atoms with E-state index in [2.05, 4.69) is 5.32 Å². The number of methoxy groups -OCH3 is 1. The topological polar surface area (TPSA) is 64.4 Å². The summed E-state index contributed by atoms with van der Waals surface area (Å²) in [5, 5.41) is 14.0. The maximum absolute atomic E-state index is 13.5. The van der Waals surface area contributed by atoms with Crippen molar-refractivity contribution in [3.05, 3.63) is 34.1 Å². The number of rotatable bonds is 4. The molecule has 0 spiro atoms. The molecule has 0 heterocycles. The van der Waals surface area contributed by atoms with E-state index >= 15 is 0 Å². The number of nitrogens with one attached hydrogen (secondary N) is 1. The molecule has 0 saturated heterocycles. The van der Waals surface area contributed by atoms with Gasteiger partial charge < -0.3 is 10.1 Å². The number of para-hydroxylation sites is 1. The molecule has 1 aliphatic carbocycles. The van der Waals surface area contributed by atoms with Crippen molar-refractivity contribution in [3.63, 3.8) is 0 Å². The van der Waals surface area contributed by atoms with Gasteiger partial charge in [0, 0.05) is 18.6 Å². The zero-order valence-electron chi connectivity index (χ0n) is 11.1. The molecular formula is C13H17FN2O3. The summed E-state index contributed by atoms with van der Waals surface area (Å²) < 4.78 is 18.8. The Hall–Kier alpha value is -1.69. The zero-order chi connectivity index (χ0) is 14.2. The first-order chi connectivity index (χ1) is 8.87. The molecule has 1 saturated carbocycles. The van der Waals surface area contributed by atoms with Crippen molar-refractivity contribution in [2.75, 3.05) is 12.4 Å². The number of nitro groups is 1. The van der Waals surface area contributed by atoms with Crippen molar-refractivity contribution < 1.29 is 14.1 Å². The predicted octanol–water partition coefficient (Wildman–Crippen LogP) is 2.96. The van der Waals surface area contributed by atoms with Gasteiger partial charge in [-0.1, -0.05) is 19.9 Å². The minimum atomic E-state index is -0.824. The van der Waals surface area contributed by atoms with Gasteiger partial charge in [0.1, 0.15) is 5.69 Å². The van der Waals surface area contributed by atoms with E-state index in [1.807, 2.05) is 13.8 Å². The summed E-state index contributed by atoms with van der Waals surface area (Å²) in [6.45, 7) is 4.04. The van der Waals surface area contributed by atoms with Crippen LogP contribution in [0.3, 0.4) is 0 Å². The Labute approximate surface area is 110 Å². The van der Waals surface area contributed by atoms with Gasteiger partial charge in [0.25, 0.3) is 0 Å². The second-order valence-electron chi connectivity index (χ2n) is 5.37. The highest BCUT2D eigenvalue weighted by Crippen LogP contribution is 2.45. The molecule has 0 aromatic heterocycles. The molecule has 2 atom stereocenters. The molecule has 1 N–H and O–H groups in total. The standard InChI is InChI=1S/C13H17FN2O3/c1-13(2)10(7-11(13)19-3)15-9-6-4-5-8(14)12(9)16(17)18/h4-6,10-11,15H,7H2,1-3H3. The number of hydrogen-bond acceptors (Lipinski definition) is 4. The van der Waals surface area contributed by atoms with E-state index in [1.54, 1.807) is 7.11 Å². The maximum Gasteiger partial charge on any atom is 0.327 e. The predicted molar refractivity (Wildman–Crippen MR) is 69.7 cm³/mol. The number of benzene rings is 1. The van der Waals surface area contributed by atoms with Gasteiger partial charge in [-0.3, -0.25) is 10.1 Å². The molecule has 104 valence electrons. The average Bonchev–Trinajstić information content (AvgIpc) is 2.33. The lowest BCUT2D eigenvalue weighted by Gasteiger charge is -2.51. The van der Waals surface area contributed by atoms with Crippen molar-refractivity contribution in [2.24, 2.45) is 5.41 Å². The monoisotopic (exact) mass is 268 g/mol. The highest BCUT2D eigenvalue weighted by atomic mass is 19.1. The van der Waals surface area contributed by atoms with Gasteiger partial charge in [-0.25, -0.2) is 0 Å². The molecule has 1 aromatic rings. The van der Waals surface area contributed by atoms with Gasteiger partial charge in [-0.05, 0) is 18.6 Å². The van der Waals surface area contributed by atoms with Crippen molar-refractivity contribution >= 4 is 11.4 Å². The van der Waals surface area contributed by atoms with Crippen LogP contribution in [0.5, 0.6) is 0 Å². The Morgan fingerprint density at radius 3 is 2.74 bits per heavy atom. The lowest BCUT2D eigenvalue weighted by Crippen LogP contribution is -2.57. The Balaban J connectivity index is 2.22. The number of ether oxygens (including phenoxy) is 1. The summed E-state index contributed by atoms with van der Waals surface area (Å²) >= 11 is 0. The van der Waals surface area contributed by atoms with Crippen molar-refractivity contribution in [2.45, 2.75) is 32.4 Å². The van der Waals surface area contributed by atoms with E-state index in [-0.39, 0.29) is 23.2 Å². The molecule has 2 unspecified atom stereocenters. The molecular weight excluding hydrogens is 251 g/mol. The van der Waals surface area contributed by atoms with E-state index < -0.39 is 16.4 Å². The minimum Gasteiger partial charge on any atom is -0.381 e. The molecule has 6 heteroatoms. The number of halogens is 1. The number of nitrogens with zero attached hydrogens (tertiary/aromatic N) is 1. The third kappa shape index (κ3) is 2.28. The van der Waals surface area contributed by atoms with Crippen molar-refractivity contribution in [1.82, 2.24) is 0 Å². The molecule has 1 aliphatic rings. The molecule has 0 aliphatic heterocycles. The van der Waals surface area contributed by atoms with Crippen LogP contribution in [0.25, 0.3) is 0 Å². The minimum absolute atomic E-state index is 0.0259. The van der Waals surface area contributed by atoms with Crippen LogP contribution in [0.4, 0.5) is 15.8 Å². The summed E-state index contributed by atoms with van der Waals surface area (Å²) in [6.07, 6.45) is 0.856. The van der Waals surface area contributed by atoms with Crippen LogP contribution < -0.4 is 5.32 Å². The third-order valence-electron chi connectivity index (χ3n) is 3.96. The second kappa shape index (κ2) is 4.77. The lowest BCUT2D eigenvalue weighted by atomic mass is 9.64. The van der Waals surface area contributed by atoms with Crippen LogP contribution in [-0.4, -0.2) is 24.2 Å². The Morgan fingerprint density at radius 2 is 2.21 bits per heavy atom. The van der Waals surface area contributed by atoms with E-state index in [0.717, 1.165) is 12.5 Å². The van der Waals surface area contributed by atoms with Crippen LogP contribution in [0, 0.1) is 21.3 Å². The Bertz CT molecular complexity index is 505. The largest absolute Gasteiger partial charge is 0.381 e. The smallest absolute Gasteiger partial charge is 0.327 e. The highest BCUT2D eigenvalue weighted by molar-refractivity contribution is 5.63. The summed E-state index contributed by atoms with van der Waals surface area (Å²) in [5.74, 6) is -0.824. The fraction of sp³-hybridized carbons (Fsp3) is 0.538. The zero-order valence-corrected chi connectivity index (χ0v) is 11.1. The van der Waals surface area contributed by atoms with E-state index in [1.165, 1.54) is 12.1 Å².